The van der Waals surface area contributed by atoms with Crippen molar-refractivity contribution in [2.45, 2.75) is 26.3 Å². The van der Waals surface area contributed by atoms with Crippen LogP contribution in [0.25, 0.3) is 0 Å². The molecular formula is C13H18N2O2. The summed E-state index contributed by atoms with van der Waals surface area (Å²) in [6.45, 7) is 3.05. The number of rotatable bonds is 5. The zero-order valence-electron chi connectivity index (χ0n) is 10.4. The molecule has 1 rings (SSSR count). The molecule has 1 amide bonds. The largest absolute Gasteiger partial charge is 0.326 e. The molecule has 2 N–H and O–H groups in total. The summed E-state index contributed by atoms with van der Waals surface area (Å²) in [4.78, 5) is 22.1. The molecule has 1 atom stereocenters. The van der Waals surface area contributed by atoms with E-state index in [1.807, 2.05) is 24.3 Å². The Morgan fingerprint density at radius 2 is 1.76 bits per heavy atom. The van der Waals surface area contributed by atoms with Gasteiger partial charge in [-0.05, 0) is 38.1 Å². The summed E-state index contributed by atoms with van der Waals surface area (Å²) >= 11 is 0. The normalized spacial score (nSPS) is 11.9. The highest BCUT2D eigenvalue weighted by Gasteiger charge is 2.11. The molecule has 0 aliphatic heterocycles. The number of benzene rings is 1. The Labute approximate surface area is 101 Å². The number of nitrogens with one attached hydrogen (secondary N) is 2. The molecular weight excluding hydrogens is 216 g/mol. The van der Waals surface area contributed by atoms with E-state index < -0.39 is 0 Å². The second-order valence-corrected chi connectivity index (χ2v) is 4.03. The fraction of sp³-hybridized carbons (Fsp3) is 0.385. The fourth-order valence-corrected chi connectivity index (χ4v) is 1.61. The molecule has 1 aromatic carbocycles. The first-order valence-electron chi connectivity index (χ1n) is 5.57. The number of hydrogen-bond donors (Lipinski definition) is 2. The van der Waals surface area contributed by atoms with E-state index in [0.717, 1.165) is 11.3 Å². The Morgan fingerprint density at radius 1 is 1.18 bits per heavy atom. The summed E-state index contributed by atoms with van der Waals surface area (Å²) in [6, 6.07) is 7.35. The van der Waals surface area contributed by atoms with Gasteiger partial charge in [-0.2, -0.15) is 0 Å². The molecule has 0 aliphatic carbocycles. The molecule has 0 unspecified atom stereocenters. The Balaban J connectivity index is 2.67. The maximum absolute atomic E-state index is 11.3. The second-order valence-electron chi connectivity index (χ2n) is 4.03. The van der Waals surface area contributed by atoms with Crippen LogP contribution in [-0.2, 0) is 16.0 Å². The van der Waals surface area contributed by atoms with Gasteiger partial charge in [-0.15, -0.1) is 0 Å². The van der Waals surface area contributed by atoms with Crippen molar-refractivity contribution in [3.05, 3.63) is 29.8 Å². The lowest BCUT2D eigenvalue weighted by atomic mass is 10.0. The number of anilines is 1. The van der Waals surface area contributed by atoms with Gasteiger partial charge in [0.25, 0.3) is 0 Å². The molecule has 0 spiro atoms. The van der Waals surface area contributed by atoms with Gasteiger partial charge in [-0.3, -0.25) is 9.59 Å². The van der Waals surface area contributed by atoms with Crippen molar-refractivity contribution in [3.63, 3.8) is 0 Å². The zero-order chi connectivity index (χ0) is 12.8. The van der Waals surface area contributed by atoms with E-state index in [9.17, 15) is 9.59 Å². The van der Waals surface area contributed by atoms with E-state index in [-0.39, 0.29) is 17.7 Å². The maximum atomic E-state index is 11.3. The van der Waals surface area contributed by atoms with E-state index in [4.69, 9.17) is 0 Å². The highest BCUT2D eigenvalue weighted by atomic mass is 16.1. The van der Waals surface area contributed by atoms with Gasteiger partial charge in [0.15, 0.2) is 0 Å². The highest BCUT2D eigenvalue weighted by Crippen LogP contribution is 2.11. The van der Waals surface area contributed by atoms with E-state index in [0.29, 0.717) is 6.42 Å². The first-order valence-corrected chi connectivity index (χ1v) is 5.57. The Kier molecular flexibility index (Phi) is 4.84. The molecule has 0 aliphatic rings. The Morgan fingerprint density at radius 3 is 2.18 bits per heavy atom. The summed E-state index contributed by atoms with van der Waals surface area (Å²) in [6.07, 6.45) is 0.659. The van der Waals surface area contributed by atoms with Crippen LogP contribution >= 0.6 is 0 Å². The third-order valence-corrected chi connectivity index (χ3v) is 2.55. The molecule has 4 heteroatoms. The van der Waals surface area contributed by atoms with Crippen LogP contribution < -0.4 is 10.6 Å². The third kappa shape index (κ3) is 4.36. The highest BCUT2D eigenvalue weighted by molar-refractivity contribution is 5.88. The molecule has 17 heavy (non-hydrogen) atoms. The van der Waals surface area contributed by atoms with Crippen LogP contribution in [0, 0.1) is 0 Å². The zero-order valence-corrected chi connectivity index (χ0v) is 10.4. The average Bonchev–Trinajstić information content (AvgIpc) is 2.26. The van der Waals surface area contributed by atoms with Gasteiger partial charge in [0.05, 0.1) is 6.04 Å². The molecule has 0 saturated carbocycles. The van der Waals surface area contributed by atoms with Gasteiger partial charge in [-0.25, -0.2) is 0 Å². The molecule has 0 radical (unpaired) electrons. The smallest absolute Gasteiger partial charge is 0.221 e. The lowest BCUT2D eigenvalue weighted by molar-refractivity contribution is -0.118. The van der Waals surface area contributed by atoms with E-state index in [1.165, 1.54) is 6.92 Å². The SMILES string of the molecule is CN[C@@H](Cc1ccc(NC(C)=O)cc1)C(C)=O. The van der Waals surface area contributed by atoms with Crippen LogP contribution in [0.1, 0.15) is 19.4 Å². The number of ketones is 1. The van der Waals surface area contributed by atoms with Crippen molar-refractivity contribution in [3.8, 4) is 0 Å². The second kappa shape index (κ2) is 6.15. The van der Waals surface area contributed by atoms with Crippen molar-refractivity contribution in [1.29, 1.82) is 0 Å². The molecule has 0 aromatic heterocycles. The summed E-state index contributed by atoms with van der Waals surface area (Å²) in [5, 5.41) is 5.68. The first-order chi connectivity index (χ1) is 8.02. The lowest BCUT2D eigenvalue weighted by Crippen LogP contribution is -2.34. The Hall–Kier alpha value is -1.68. The number of carbonyl (C=O) groups excluding carboxylic acids is 2. The average molecular weight is 234 g/mol. The number of Topliss-reactive ketones (excluding diaryl/α,β-unsaturated/α-hetero) is 1. The fourth-order valence-electron chi connectivity index (χ4n) is 1.61. The number of hydrogen-bond acceptors (Lipinski definition) is 3. The minimum Gasteiger partial charge on any atom is -0.326 e. The Bertz CT molecular complexity index is 398. The summed E-state index contributed by atoms with van der Waals surface area (Å²) in [5.41, 5.74) is 1.83. The quantitative estimate of drug-likeness (QED) is 0.809. The number of amides is 1. The van der Waals surface area contributed by atoms with E-state index in [1.54, 1.807) is 14.0 Å². The molecule has 1 aromatic rings. The molecule has 92 valence electrons. The minimum absolute atomic E-state index is 0.0883. The summed E-state index contributed by atoms with van der Waals surface area (Å²) < 4.78 is 0. The van der Waals surface area contributed by atoms with Gasteiger partial charge in [0.2, 0.25) is 5.91 Å². The van der Waals surface area contributed by atoms with Crippen molar-refractivity contribution in [2.24, 2.45) is 0 Å². The molecule has 0 saturated heterocycles. The van der Waals surface area contributed by atoms with Gasteiger partial charge in [-0.1, -0.05) is 12.1 Å². The van der Waals surface area contributed by atoms with Crippen LogP contribution in [0.15, 0.2) is 24.3 Å². The van der Waals surface area contributed by atoms with Gasteiger partial charge < -0.3 is 10.6 Å². The summed E-state index contributed by atoms with van der Waals surface area (Å²) in [5.74, 6) is 0.0352. The van der Waals surface area contributed by atoms with Crippen molar-refractivity contribution >= 4 is 17.4 Å². The van der Waals surface area contributed by atoms with Crippen LogP contribution in [0.4, 0.5) is 5.69 Å². The topological polar surface area (TPSA) is 58.2 Å². The third-order valence-electron chi connectivity index (χ3n) is 2.55. The first kappa shape index (κ1) is 13.4. The van der Waals surface area contributed by atoms with Crippen LogP contribution in [0.5, 0.6) is 0 Å². The lowest BCUT2D eigenvalue weighted by Gasteiger charge is -2.12. The van der Waals surface area contributed by atoms with Crippen molar-refractivity contribution in [2.75, 3.05) is 12.4 Å². The van der Waals surface area contributed by atoms with Crippen molar-refractivity contribution < 1.29 is 9.59 Å². The predicted octanol–water partition coefficient (Wildman–Crippen LogP) is 1.36. The summed E-state index contributed by atoms with van der Waals surface area (Å²) in [7, 11) is 1.78. The van der Waals surface area contributed by atoms with Crippen LogP contribution in [0.2, 0.25) is 0 Å². The van der Waals surface area contributed by atoms with Crippen LogP contribution in [-0.4, -0.2) is 24.8 Å². The van der Waals surface area contributed by atoms with E-state index in [2.05, 4.69) is 10.6 Å². The van der Waals surface area contributed by atoms with Crippen molar-refractivity contribution in [1.82, 2.24) is 5.32 Å². The molecule has 0 fully saturated rings. The minimum atomic E-state index is -0.151. The monoisotopic (exact) mass is 234 g/mol. The molecule has 0 heterocycles. The van der Waals surface area contributed by atoms with Gasteiger partial charge in [0, 0.05) is 12.6 Å². The van der Waals surface area contributed by atoms with Crippen LogP contribution in [0.3, 0.4) is 0 Å². The van der Waals surface area contributed by atoms with E-state index >= 15 is 0 Å². The number of likely N-dealkylation sites (N-methyl/N-ethyl adjacent to an activating group) is 1. The standard InChI is InChI=1S/C13H18N2O2/c1-9(16)13(14-3)8-11-4-6-12(7-5-11)15-10(2)17/h4-7,13-14H,8H2,1-3H3,(H,15,17)/t13-/m0/s1. The van der Waals surface area contributed by atoms with Gasteiger partial charge in [0.1, 0.15) is 5.78 Å². The van der Waals surface area contributed by atoms with Gasteiger partial charge >= 0.3 is 0 Å². The molecule has 0 bridgehead atoms. The molecule has 4 nitrogen and oxygen atoms in total. The maximum Gasteiger partial charge on any atom is 0.221 e. The number of carbonyl (C=O) groups is 2. The predicted molar refractivity (Wildman–Crippen MR) is 68.0 cm³/mol.